The first-order valence-corrected chi connectivity index (χ1v) is 19.0. The van der Waals surface area contributed by atoms with Gasteiger partial charge in [0.05, 0.1) is 0 Å². The van der Waals surface area contributed by atoms with E-state index in [1.165, 1.54) is 95.5 Å². The van der Waals surface area contributed by atoms with E-state index in [1.54, 1.807) is 0 Å². The van der Waals surface area contributed by atoms with Gasteiger partial charge < -0.3 is 9.84 Å². The summed E-state index contributed by atoms with van der Waals surface area (Å²) in [6, 6.07) is 0. The van der Waals surface area contributed by atoms with Crippen LogP contribution in [0.4, 0.5) is 0 Å². The normalized spacial score (nSPS) is 33.4. The zero-order valence-corrected chi connectivity index (χ0v) is 29.0. The molecule has 0 aliphatic heterocycles. The molecule has 7 atom stereocenters. The lowest BCUT2D eigenvalue weighted by Gasteiger charge is -2.57. The second kappa shape index (κ2) is 17.3. The Morgan fingerprint density at radius 3 is 2.18 bits per heavy atom. The fraction of sp³-hybridized carbons (Fsp3) is 0.825. The van der Waals surface area contributed by atoms with Crippen LogP contribution >= 0.6 is 0 Å². The average molecular weight is 625 g/mol. The van der Waals surface area contributed by atoms with Crippen LogP contribution in [-0.2, 0) is 19.1 Å². The number of ketones is 1. The van der Waals surface area contributed by atoms with Crippen molar-refractivity contribution in [1.82, 2.24) is 0 Å². The van der Waals surface area contributed by atoms with Crippen LogP contribution in [0.2, 0.25) is 0 Å². The fourth-order valence-corrected chi connectivity index (χ4v) is 9.98. The number of ether oxygens (including phenoxy) is 1. The maximum atomic E-state index is 11.9. The fourth-order valence-electron chi connectivity index (χ4n) is 9.98. The lowest BCUT2D eigenvalue weighted by atomic mass is 9.47. The van der Waals surface area contributed by atoms with Crippen molar-refractivity contribution in [2.75, 3.05) is 0 Å². The van der Waals surface area contributed by atoms with Crippen LogP contribution in [0, 0.1) is 34.5 Å². The molecule has 0 heterocycles. The van der Waals surface area contributed by atoms with E-state index >= 15 is 0 Å². The first-order valence-electron chi connectivity index (χ1n) is 19.0. The molecule has 0 aromatic heterocycles. The van der Waals surface area contributed by atoms with Crippen LogP contribution in [0.5, 0.6) is 0 Å². The third kappa shape index (κ3) is 9.57. The van der Waals surface area contributed by atoms with Crippen molar-refractivity contribution in [2.45, 2.75) is 175 Å². The Bertz CT molecular complexity index is 1040. The zero-order chi connectivity index (χ0) is 32.3. The number of unbranched alkanes of at least 4 members (excludes halogenated alkanes) is 9. The molecule has 3 saturated carbocycles. The molecule has 0 bridgehead atoms. The highest BCUT2D eigenvalue weighted by Gasteiger charge is 2.59. The Kier molecular flexibility index (Phi) is 13.8. The van der Waals surface area contributed by atoms with E-state index in [2.05, 4.69) is 26.0 Å². The maximum Gasteiger partial charge on any atom is 0.305 e. The number of allylic oxidation sites excluding steroid dienone is 3. The highest BCUT2D eigenvalue weighted by atomic mass is 16.5. The summed E-state index contributed by atoms with van der Waals surface area (Å²) in [7, 11) is 0. The smallest absolute Gasteiger partial charge is 0.305 e. The lowest BCUT2D eigenvalue weighted by Crippen LogP contribution is -2.51. The lowest BCUT2D eigenvalue weighted by molar-refractivity contribution is -0.159. The number of carbonyl (C=O) groups is 3. The van der Waals surface area contributed by atoms with Crippen molar-refractivity contribution >= 4 is 17.7 Å². The number of aliphatic carboxylic acids is 1. The van der Waals surface area contributed by atoms with Crippen molar-refractivity contribution in [3.05, 3.63) is 23.8 Å². The highest BCUT2D eigenvalue weighted by Crippen LogP contribution is 2.65. The van der Waals surface area contributed by atoms with Crippen LogP contribution in [0.3, 0.4) is 0 Å². The molecule has 0 aromatic rings. The van der Waals surface area contributed by atoms with E-state index in [4.69, 9.17) is 9.84 Å². The Labute approximate surface area is 274 Å². The van der Waals surface area contributed by atoms with Gasteiger partial charge in [-0.2, -0.15) is 0 Å². The zero-order valence-electron chi connectivity index (χ0n) is 29.0. The van der Waals surface area contributed by atoms with Crippen molar-refractivity contribution in [1.29, 1.82) is 0 Å². The standard InChI is InChI=1S/C22H32O3.C18H32O2/c1-4-20(24)25-19-8-7-17-16-6-5-14-13-15(23)9-11-21(14,2)18(16)10-12-22(17,19)3;19-18(20)16-10-8-6-4-2-1-3-5-7-9-13-17-14-11-12-15-17/h13,16-19H,4-12H2,1-3H3;11,14,17H,1-10,12-13,15-16H2,(H,19,20). The van der Waals surface area contributed by atoms with E-state index < -0.39 is 5.97 Å². The van der Waals surface area contributed by atoms with Crippen LogP contribution in [0.15, 0.2) is 23.8 Å². The predicted octanol–water partition coefficient (Wildman–Crippen LogP) is 10.6. The molecule has 0 radical (unpaired) electrons. The van der Waals surface area contributed by atoms with Gasteiger partial charge in [-0.1, -0.05) is 96.3 Å². The molecule has 45 heavy (non-hydrogen) atoms. The topological polar surface area (TPSA) is 80.7 Å². The summed E-state index contributed by atoms with van der Waals surface area (Å²) >= 11 is 0. The molecule has 0 spiro atoms. The van der Waals surface area contributed by atoms with Gasteiger partial charge in [0.15, 0.2) is 5.78 Å². The van der Waals surface area contributed by atoms with E-state index in [9.17, 15) is 14.4 Å². The highest BCUT2D eigenvalue weighted by molar-refractivity contribution is 5.91. The molecule has 5 nitrogen and oxygen atoms in total. The third-order valence-electron chi connectivity index (χ3n) is 12.8. The quantitative estimate of drug-likeness (QED) is 0.111. The number of carboxylic acid groups (broad SMARTS) is 1. The molecule has 1 N–H and O–H groups in total. The Hall–Kier alpha value is -1.91. The second-order valence-electron chi connectivity index (χ2n) is 15.7. The summed E-state index contributed by atoms with van der Waals surface area (Å²) in [5.74, 6) is 2.65. The first kappa shape index (κ1) is 35.9. The molecule has 3 fully saturated rings. The maximum absolute atomic E-state index is 11.9. The van der Waals surface area contributed by atoms with Gasteiger partial charge in [0.25, 0.3) is 0 Å². The molecule has 0 saturated heterocycles. The van der Waals surface area contributed by atoms with Gasteiger partial charge in [0, 0.05) is 24.7 Å². The molecule has 5 aliphatic rings. The molecule has 5 heteroatoms. The van der Waals surface area contributed by atoms with Crippen molar-refractivity contribution in [3.63, 3.8) is 0 Å². The number of fused-ring (bicyclic) bond motifs is 5. The molecule has 254 valence electrons. The summed E-state index contributed by atoms with van der Waals surface area (Å²) in [4.78, 5) is 34.1. The predicted molar refractivity (Wildman–Crippen MR) is 182 cm³/mol. The molecular weight excluding hydrogens is 560 g/mol. The summed E-state index contributed by atoms with van der Waals surface area (Å²) in [5, 5.41) is 8.52. The van der Waals surface area contributed by atoms with Crippen LogP contribution < -0.4 is 0 Å². The van der Waals surface area contributed by atoms with Crippen molar-refractivity contribution < 1.29 is 24.2 Å². The molecule has 5 rings (SSSR count). The van der Waals surface area contributed by atoms with Crippen molar-refractivity contribution in [3.8, 4) is 0 Å². The largest absolute Gasteiger partial charge is 0.481 e. The minimum absolute atomic E-state index is 0.0411. The molecule has 5 aliphatic carbocycles. The summed E-state index contributed by atoms with van der Waals surface area (Å²) in [6.45, 7) is 6.69. The van der Waals surface area contributed by atoms with Crippen LogP contribution in [0.25, 0.3) is 0 Å². The van der Waals surface area contributed by atoms with Crippen LogP contribution in [-0.4, -0.2) is 28.9 Å². The monoisotopic (exact) mass is 624 g/mol. The van der Waals surface area contributed by atoms with E-state index in [-0.39, 0.29) is 22.9 Å². The Morgan fingerprint density at radius 1 is 0.844 bits per heavy atom. The average Bonchev–Trinajstić information content (AvgIpc) is 3.66. The van der Waals surface area contributed by atoms with Crippen molar-refractivity contribution in [2.24, 2.45) is 34.5 Å². The molecule has 0 aromatic carbocycles. The third-order valence-corrected chi connectivity index (χ3v) is 12.8. The number of esters is 1. The molecule has 0 amide bonds. The summed E-state index contributed by atoms with van der Waals surface area (Å²) in [5.41, 5.74) is 1.82. The second-order valence-corrected chi connectivity index (χ2v) is 15.7. The van der Waals surface area contributed by atoms with Crippen LogP contribution in [0.1, 0.15) is 168 Å². The number of rotatable bonds is 15. The minimum Gasteiger partial charge on any atom is -0.481 e. The summed E-state index contributed by atoms with van der Waals surface area (Å²) < 4.78 is 5.86. The van der Waals surface area contributed by atoms with E-state index in [0.29, 0.717) is 30.5 Å². The first-order chi connectivity index (χ1) is 21.7. The van der Waals surface area contributed by atoms with Gasteiger partial charge >= 0.3 is 11.9 Å². The minimum atomic E-state index is -0.655. The van der Waals surface area contributed by atoms with Gasteiger partial charge in [-0.25, -0.2) is 0 Å². The van der Waals surface area contributed by atoms with E-state index in [0.717, 1.165) is 56.8 Å². The number of carboxylic acids is 1. The SMILES string of the molecule is CCC(=O)OC1CCC2C3CCC4=CC(=O)CCC4(C)C3CCC12C.O=C(O)CCCCCCCCCCCCC1C=CCC1. The Morgan fingerprint density at radius 2 is 1.53 bits per heavy atom. The number of hydrogen-bond donors (Lipinski definition) is 1. The number of carbonyl (C=O) groups excluding carboxylic acids is 2. The molecule has 7 unspecified atom stereocenters. The van der Waals surface area contributed by atoms with Gasteiger partial charge in [0.1, 0.15) is 6.10 Å². The van der Waals surface area contributed by atoms with Gasteiger partial charge in [-0.3, -0.25) is 14.4 Å². The van der Waals surface area contributed by atoms with Gasteiger partial charge in [-0.05, 0) is 106 Å². The molecular formula is C40H64O5. The van der Waals surface area contributed by atoms with Gasteiger partial charge in [-0.15, -0.1) is 0 Å². The number of hydrogen-bond acceptors (Lipinski definition) is 4. The van der Waals surface area contributed by atoms with E-state index in [1.807, 2.05) is 13.0 Å². The summed E-state index contributed by atoms with van der Waals surface area (Å²) in [6.07, 6.45) is 33.2. The Balaban J connectivity index is 0.000000211. The van der Waals surface area contributed by atoms with Gasteiger partial charge in [0.2, 0.25) is 0 Å².